The number of benzene rings is 2. The van der Waals surface area contributed by atoms with Crippen molar-refractivity contribution >= 4 is 39.8 Å². The number of para-hydroxylation sites is 1. The topological polar surface area (TPSA) is 39.7 Å². The van der Waals surface area contributed by atoms with E-state index in [1.807, 2.05) is 43.0 Å². The third-order valence-corrected chi connectivity index (χ3v) is 6.03. The van der Waals surface area contributed by atoms with Crippen molar-refractivity contribution in [2.45, 2.75) is 13.8 Å². The van der Waals surface area contributed by atoms with Crippen LogP contribution in [0.5, 0.6) is 0 Å². The van der Waals surface area contributed by atoms with Gasteiger partial charge in [0.15, 0.2) is 0 Å². The first-order chi connectivity index (χ1) is 14.6. The third-order valence-electron chi connectivity index (χ3n) is 5.80. The van der Waals surface area contributed by atoms with Crippen molar-refractivity contribution in [1.29, 1.82) is 0 Å². The van der Waals surface area contributed by atoms with Crippen LogP contribution in [0.4, 0.5) is 11.4 Å². The molecule has 0 unspecified atom stereocenters. The molecule has 6 heteroatoms. The quantitative estimate of drug-likeness (QED) is 0.597. The Morgan fingerprint density at radius 1 is 1.00 bits per heavy atom. The van der Waals surface area contributed by atoms with Gasteiger partial charge in [0.25, 0.3) is 5.91 Å². The van der Waals surface area contributed by atoms with Crippen molar-refractivity contribution in [3.63, 3.8) is 0 Å². The number of nitrogens with zero attached hydrogens (tertiary/aromatic N) is 4. The number of halogens is 1. The average Bonchev–Trinajstić information content (AvgIpc) is 2.79. The van der Waals surface area contributed by atoms with Gasteiger partial charge in [0, 0.05) is 61.6 Å². The van der Waals surface area contributed by atoms with Gasteiger partial charge in [-0.1, -0.05) is 29.8 Å². The number of hydrogen-bond acceptors (Lipinski definition) is 4. The van der Waals surface area contributed by atoms with Crippen LogP contribution in [0.2, 0.25) is 5.02 Å². The standard InChI is InChI=1S/C24H27ClN4O/c1-3-27(4-2)24(30)21-17-26-22-11-10-18(25)16-20(22)23(21)29-14-12-28(13-15-29)19-8-6-5-7-9-19/h5-11,16-17H,3-4,12-15H2,1-2H3. The highest BCUT2D eigenvalue weighted by atomic mass is 35.5. The van der Waals surface area contributed by atoms with E-state index in [4.69, 9.17) is 11.6 Å². The van der Waals surface area contributed by atoms with Gasteiger partial charge in [-0.25, -0.2) is 0 Å². The summed E-state index contributed by atoms with van der Waals surface area (Å²) in [7, 11) is 0. The molecule has 1 saturated heterocycles. The van der Waals surface area contributed by atoms with Gasteiger partial charge in [-0.2, -0.15) is 0 Å². The monoisotopic (exact) mass is 422 g/mol. The molecule has 0 radical (unpaired) electrons. The summed E-state index contributed by atoms with van der Waals surface area (Å²) in [5, 5.41) is 1.59. The maximum absolute atomic E-state index is 13.3. The maximum atomic E-state index is 13.3. The van der Waals surface area contributed by atoms with Crippen LogP contribution in [0.15, 0.2) is 54.7 Å². The number of hydrogen-bond donors (Lipinski definition) is 0. The van der Waals surface area contributed by atoms with Crippen LogP contribution in [0.25, 0.3) is 10.9 Å². The van der Waals surface area contributed by atoms with Crippen LogP contribution >= 0.6 is 11.6 Å². The molecule has 0 spiro atoms. The molecule has 1 aliphatic heterocycles. The van der Waals surface area contributed by atoms with E-state index in [1.54, 1.807) is 6.20 Å². The molecule has 0 bridgehead atoms. The molecule has 1 aliphatic rings. The summed E-state index contributed by atoms with van der Waals surface area (Å²) in [6.07, 6.45) is 1.73. The lowest BCUT2D eigenvalue weighted by atomic mass is 10.1. The lowest BCUT2D eigenvalue weighted by Crippen LogP contribution is -2.47. The second-order valence-corrected chi connectivity index (χ2v) is 7.91. The van der Waals surface area contributed by atoms with Crippen molar-refractivity contribution in [2.24, 2.45) is 0 Å². The number of anilines is 2. The number of fused-ring (bicyclic) bond motifs is 1. The summed E-state index contributed by atoms with van der Waals surface area (Å²) in [6.45, 7) is 8.81. The summed E-state index contributed by atoms with van der Waals surface area (Å²) in [4.78, 5) is 24.4. The fourth-order valence-corrected chi connectivity index (χ4v) is 4.33. The minimum Gasteiger partial charge on any atom is -0.368 e. The van der Waals surface area contributed by atoms with Crippen molar-refractivity contribution in [3.8, 4) is 0 Å². The van der Waals surface area contributed by atoms with Gasteiger partial charge in [-0.3, -0.25) is 9.78 Å². The third kappa shape index (κ3) is 3.94. The van der Waals surface area contributed by atoms with E-state index in [-0.39, 0.29) is 5.91 Å². The van der Waals surface area contributed by atoms with E-state index in [9.17, 15) is 4.79 Å². The maximum Gasteiger partial charge on any atom is 0.257 e. The zero-order chi connectivity index (χ0) is 21.1. The number of amides is 1. The van der Waals surface area contributed by atoms with Crippen molar-refractivity contribution in [3.05, 3.63) is 65.3 Å². The van der Waals surface area contributed by atoms with E-state index in [1.165, 1.54) is 5.69 Å². The molecule has 5 nitrogen and oxygen atoms in total. The Morgan fingerprint density at radius 3 is 2.33 bits per heavy atom. The highest BCUT2D eigenvalue weighted by Crippen LogP contribution is 2.33. The van der Waals surface area contributed by atoms with Gasteiger partial charge >= 0.3 is 0 Å². The summed E-state index contributed by atoms with van der Waals surface area (Å²) < 4.78 is 0. The molecule has 4 rings (SSSR count). The van der Waals surface area contributed by atoms with Gasteiger partial charge in [-0.15, -0.1) is 0 Å². The molecule has 0 aliphatic carbocycles. The van der Waals surface area contributed by atoms with Crippen molar-refractivity contribution < 1.29 is 4.79 Å². The number of rotatable bonds is 5. The molecule has 0 saturated carbocycles. The number of piperazine rings is 1. The average molecular weight is 423 g/mol. The van der Waals surface area contributed by atoms with Crippen LogP contribution in [0.1, 0.15) is 24.2 Å². The highest BCUT2D eigenvalue weighted by Gasteiger charge is 2.26. The Labute approximate surface area is 182 Å². The summed E-state index contributed by atoms with van der Waals surface area (Å²) in [5.41, 5.74) is 3.70. The smallest absolute Gasteiger partial charge is 0.257 e. The molecule has 156 valence electrons. The molecule has 3 aromatic rings. The number of carbonyl (C=O) groups excluding carboxylic acids is 1. The van der Waals surface area contributed by atoms with Gasteiger partial charge in [0.1, 0.15) is 0 Å². The lowest BCUT2D eigenvalue weighted by Gasteiger charge is -2.38. The first kappa shape index (κ1) is 20.5. The largest absolute Gasteiger partial charge is 0.368 e. The summed E-state index contributed by atoms with van der Waals surface area (Å²) in [6, 6.07) is 16.2. The van der Waals surface area contributed by atoms with E-state index < -0.39 is 0 Å². The first-order valence-corrected chi connectivity index (χ1v) is 10.9. The molecular weight excluding hydrogens is 396 g/mol. The van der Waals surface area contributed by atoms with E-state index >= 15 is 0 Å². The fraction of sp³-hybridized carbons (Fsp3) is 0.333. The van der Waals surface area contributed by atoms with Gasteiger partial charge in [0.05, 0.1) is 16.8 Å². The van der Waals surface area contributed by atoms with Gasteiger partial charge < -0.3 is 14.7 Å². The van der Waals surface area contributed by atoms with Crippen LogP contribution in [-0.2, 0) is 0 Å². The van der Waals surface area contributed by atoms with E-state index in [0.29, 0.717) is 23.7 Å². The molecule has 2 aromatic carbocycles. The minimum absolute atomic E-state index is 0.0230. The van der Waals surface area contributed by atoms with Crippen molar-refractivity contribution in [2.75, 3.05) is 49.1 Å². The van der Waals surface area contributed by atoms with Gasteiger partial charge in [-0.05, 0) is 44.2 Å². The molecule has 0 N–H and O–H groups in total. The second-order valence-electron chi connectivity index (χ2n) is 7.47. The summed E-state index contributed by atoms with van der Waals surface area (Å²) in [5.74, 6) is 0.0230. The SMILES string of the molecule is CCN(CC)C(=O)c1cnc2ccc(Cl)cc2c1N1CCN(c2ccccc2)CC1. The lowest BCUT2D eigenvalue weighted by molar-refractivity contribution is 0.0773. The molecule has 2 heterocycles. The Morgan fingerprint density at radius 2 is 1.67 bits per heavy atom. The molecule has 1 aromatic heterocycles. The predicted octanol–water partition coefficient (Wildman–Crippen LogP) is 4.70. The van der Waals surface area contributed by atoms with Crippen LogP contribution in [-0.4, -0.2) is 55.1 Å². The summed E-state index contributed by atoms with van der Waals surface area (Å²) >= 11 is 6.33. The molecule has 30 heavy (non-hydrogen) atoms. The number of aromatic nitrogens is 1. The fourth-order valence-electron chi connectivity index (χ4n) is 4.16. The Hall–Kier alpha value is -2.79. The Balaban J connectivity index is 1.72. The predicted molar refractivity (Wildman–Crippen MR) is 125 cm³/mol. The molecular formula is C24H27ClN4O. The molecule has 0 atom stereocenters. The minimum atomic E-state index is 0.0230. The Kier molecular flexibility index (Phi) is 6.09. The first-order valence-electron chi connectivity index (χ1n) is 10.5. The van der Waals surface area contributed by atoms with Crippen LogP contribution in [0.3, 0.4) is 0 Å². The van der Waals surface area contributed by atoms with Crippen molar-refractivity contribution in [1.82, 2.24) is 9.88 Å². The number of pyridine rings is 1. The van der Waals surface area contributed by atoms with Crippen LogP contribution < -0.4 is 9.80 Å². The van der Waals surface area contributed by atoms with E-state index in [0.717, 1.165) is 42.8 Å². The highest BCUT2D eigenvalue weighted by molar-refractivity contribution is 6.31. The Bertz CT molecular complexity index is 1030. The zero-order valence-electron chi connectivity index (χ0n) is 17.5. The van der Waals surface area contributed by atoms with E-state index in [2.05, 4.69) is 39.0 Å². The second kappa shape index (κ2) is 8.92. The zero-order valence-corrected chi connectivity index (χ0v) is 18.3. The number of carbonyl (C=O) groups is 1. The van der Waals surface area contributed by atoms with Gasteiger partial charge in [0.2, 0.25) is 0 Å². The molecule has 1 fully saturated rings. The normalized spacial score (nSPS) is 14.2. The van der Waals surface area contributed by atoms with Crippen LogP contribution in [0, 0.1) is 0 Å². The molecule has 1 amide bonds.